The molecule has 3 aromatic heterocycles. The maximum absolute atomic E-state index is 13.1. The van der Waals surface area contributed by atoms with Crippen molar-refractivity contribution in [1.82, 2.24) is 25.4 Å². The smallest absolute Gasteiger partial charge is 0.287 e. The number of likely N-dealkylation sites (N-methyl/N-ethyl adjacent to an activating group) is 1. The molecule has 8 nitrogen and oxygen atoms in total. The third kappa shape index (κ3) is 5.08. The van der Waals surface area contributed by atoms with Crippen LogP contribution in [0.1, 0.15) is 26.7 Å². The molecular formula is C24H26N6O2S2. The molecule has 0 radical (unpaired) electrons. The van der Waals surface area contributed by atoms with Gasteiger partial charge in [-0.25, -0.2) is 4.98 Å². The number of aromatic nitrogens is 3. The van der Waals surface area contributed by atoms with Crippen LogP contribution in [-0.2, 0) is 12.3 Å². The van der Waals surface area contributed by atoms with Crippen LogP contribution in [0.15, 0.2) is 51.4 Å². The Bertz CT molecular complexity index is 1280. The van der Waals surface area contributed by atoms with Crippen LogP contribution in [-0.4, -0.2) is 59.2 Å². The highest BCUT2D eigenvalue weighted by Crippen LogP contribution is 2.33. The molecule has 5 rings (SSSR count). The predicted molar refractivity (Wildman–Crippen MR) is 136 cm³/mol. The first-order valence-corrected chi connectivity index (χ1v) is 13.0. The second-order valence-electron chi connectivity index (χ2n) is 8.28. The van der Waals surface area contributed by atoms with Crippen LogP contribution < -0.4 is 10.2 Å². The molecule has 1 aliphatic rings. The molecule has 0 spiro atoms. The molecule has 10 heteroatoms. The van der Waals surface area contributed by atoms with E-state index in [9.17, 15) is 4.79 Å². The Hall–Kier alpha value is -2.95. The fourth-order valence-electron chi connectivity index (χ4n) is 3.90. The van der Waals surface area contributed by atoms with E-state index in [1.165, 1.54) is 0 Å². The van der Waals surface area contributed by atoms with Crippen LogP contribution in [0.5, 0.6) is 0 Å². The number of hydrogen-bond acceptors (Lipinski definition) is 9. The third-order valence-electron chi connectivity index (χ3n) is 5.84. The number of nitrogens with zero attached hydrogens (tertiary/aromatic N) is 5. The molecule has 1 amide bonds. The van der Waals surface area contributed by atoms with Gasteiger partial charge in [0.25, 0.3) is 5.91 Å². The van der Waals surface area contributed by atoms with Crippen LogP contribution in [0.25, 0.3) is 11.0 Å². The minimum absolute atomic E-state index is 0.233. The van der Waals surface area contributed by atoms with Crippen molar-refractivity contribution < 1.29 is 9.21 Å². The van der Waals surface area contributed by atoms with Gasteiger partial charge in [0.1, 0.15) is 16.4 Å². The average Bonchev–Trinajstić information content (AvgIpc) is 3.45. The Morgan fingerprint density at radius 3 is 2.71 bits per heavy atom. The Kier molecular flexibility index (Phi) is 6.80. The van der Waals surface area contributed by atoms with Gasteiger partial charge in [-0.05, 0) is 31.7 Å². The van der Waals surface area contributed by atoms with Crippen molar-refractivity contribution in [2.45, 2.75) is 23.6 Å². The van der Waals surface area contributed by atoms with Gasteiger partial charge in [-0.3, -0.25) is 4.79 Å². The number of carbonyl (C=O) groups excluding carboxylic acids is 1. The number of nitrogens with one attached hydrogen (secondary N) is 1. The molecule has 0 atom stereocenters. The molecular weight excluding hydrogens is 468 g/mol. The van der Waals surface area contributed by atoms with Crippen LogP contribution in [0.3, 0.4) is 0 Å². The highest BCUT2D eigenvalue weighted by molar-refractivity contribution is 8.00. The van der Waals surface area contributed by atoms with Gasteiger partial charge in [-0.15, -0.1) is 10.2 Å². The molecule has 176 valence electrons. The summed E-state index contributed by atoms with van der Waals surface area (Å²) in [6.45, 7) is 6.34. The van der Waals surface area contributed by atoms with E-state index >= 15 is 0 Å². The lowest BCUT2D eigenvalue weighted by atomic mass is 10.1. The number of pyridine rings is 1. The number of thioether (sulfide) groups is 1. The number of furan rings is 1. The van der Waals surface area contributed by atoms with Crippen molar-refractivity contribution in [3.05, 3.63) is 64.5 Å². The molecule has 0 bridgehead atoms. The van der Waals surface area contributed by atoms with Gasteiger partial charge in [0.2, 0.25) is 0 Å². The van der Waals surface area contributed by atoms with Gasteiger partial charge in [-0.2, -0.15) is 0 Å². The third-order valence-corrected chi connectivity index (χ3v) is 7.84. The number of benzene rings is 1. The first kappa shape index (κ1) is 22.8. The number of hydrogen-bond donors (Lipinski definition) is 1. The molecule has 1 N–H and O–H groups in total. The van der Waals surface area contributed by atoms with E-state index in [1.54, 1.807) is 23.1 Å². The van der Waals surface area contributed by atoms with Gasteiger partial charge >= 0.3 is 0 Å². The molecule has 4 heterocycles. The zero-order chi connectivity index (χ0) is 23.5. The number of fused-ring (bicyclic) bond motifs is 1. The largest absolute Gasteiger partial charge is 0.451 e. The summed E-state index contributed by atoms with van der Waals surface area (Å²) < 4.78 is 6.84. The molecule has 1 fully saturated rings. The number of carbonyl (C=O) groups is 1. The van der Waals surface area contributed by atoms with E-state index in [0.29, 0.717) is 23.6 Å². The number of rotatable bonds is 7. The zero-order valence-corrected chi connectivity index (χ0v) is 20.8. The van der Waals surface area contributed by atoms with E-state index in [2.05, 4.69) is 37.3 Å². The number of para-hydroxylation sites is 1. The monoisotopic (exact) mass is 494 g/mol. The minimum atomic E-state index is -0.233. The minimum Gasteiger partial charge on any atom is -0.451 e. The van der Waals surface area contributed by atoms with Crippen LogP contribution >= 0.6 is 23.1 Å². The van der Waals surface area contributed by atoms with E-state index in [0.717, 1.165) is 57.9 Å². The highest BCUT2D eigenvalue weighted by atomic mass is 32.2. The quantitative estimate of drug-likeness (QED) is 0.386. The van der Waals surface area contributed by atoms with Crippen molar-refractivity contribution in [2.24, 2.45) is 0 Å². The Morgan fingerprint density at radius 2 is 1.97 bits per heavy atom. The summed E-state index contributed by atoms with van der Waals surface area (Å²) in [5.74, 6) is 1.67. The second-order valence-corrected chi connectivity index (χ2v) is 10.7. The molecule has 0 unspecified atom stereocenters. The fourth-order valence-corrected chi connectivity index (χ4v) is 5.75. The number of piperazine rings is 1. The summed E-state index contributed by atoms with van der Waals surface area (Å²) >= 11 is 3.11. The molecule has 1 aliphatic heterocycles. The summed E-state index contributed by atoms with van der Waals surface area (Å²) in [5, 5.41) is 13.1. The maximum Gasteiger partial charge on any atom is 0.287 e. The lowest BCUT2D eigenvalue weighted by Crippen LogP contribution is -2.44. The SMILES string of the molecule is Cc1nnc(SCc2c(C(=O)NCc3ccc(N4CCN(C)CC4)nc3)oc3ccccc23)s1. The molecule has 4 aromatic rings. The number of amides is 1. The Labute approximate surface area is 206 Å². The van der Waals surface area contributed by atoms with E-state index in [-0.39, 0.29) is 5.91 Å². The summed E-state index contributed by atoms with van der Waals surface area (Å²) in [5.41, 5.74) is 2.52. The molecule has 1 aromatic carbocycles. The summed E-state index contributed by atoms with van der Waals surface area (Å²) in [4.78, 5) is 22.3. The maximum atomic E-state index is 13.1. The normalized spacial score (nSPS) is 14.6. The molecule has 34 heavy (non-hydrogen) atoms. The summed E-state index contributed by atoms with van der Waals surface area (Å²) in [7, 11) is 2.14. The molecule has 1 saturated heterocycles. The average molecular weight is 495 g/mol. The standard InChI is InChI=1S/C24H26N6O2S2/c1-16-27-28-24(34-16)33-15-19-18-5-3-4-6-20(18)32-22(19)23(31)26-14-17-7-8-21(25-13-17)30-11-9-29(2)10-12-30/h3-8,13H,9-12,14-15H2,1-2H3,(H,26,31). The van der Waals surface area contributed by atoms with Crippen LogP contribution in [0.2, 0.25) is 0 Å². The number of aryl methyl sites for hydroxylation is 1. The van der Waals surface area contributed by atoms with E-state index < -0.39 is 0 Å². The van der Waals surface area contributed by atoms with Crippen molar-refractivity contribution in [2.75, 3.05) is 38.1 Å². The zero-order valence-electron chi connectivity index (χ0n) is 19.2. The highest BCUT2D eigenvalue weighted by Gasteiger charge is 2.21. The van der Waals surface area contributed by atoms with E-state index in [1.807, 2.05) is 49.5 Å². The topological polar surface area (TPSA) is 87.4 Å². The van der Waals surface area contributed by atoms with Gasteiger partial charge in [0, 0.05) is 55.6 Å². The Morgan fingerprint density at radius 1 is 1.15 bits per heavy atom. The van der Waals surface area contributed by atoms with Crippen molar-refractivity contribution in [3.63, 3.8) is 0 Å². The van der Waals surface area contributed by atoms with Crippen molar-refractivity contribution in [1.29, 1.82) is 0 Å². The summed E-state index contributed by atoms with van der Waals surface area (Å²) in [6, 6.07) is 11.8. The van der Waals surface area contributed by atoms with E-state index in [4.69, 9.17) is 4.42 Å². The van der Waals surface area contributed by atoms with Gasteiger partial charge in [0.15, 0.2) is 10.1 Å². The van der Waals surface area contributed by atoms with Gasteiger partial charge in [0.05, 0.1) is 0 Å². The van der Waals surface area contributed by atoms with Crippen LogP contribution in [0.4, 0.5) is 5.82 Å². The van der Waals surface area contributed by atoms with Crippen molar-refractivity contribution >= 4 is 45.8 Å². The summed E-state index contributed by atoms with van der Waals surface area (Å²) in [6.07, 6.45) is 1.83. The first-order valence-electron chi connectivity index (χ1n) is 11.2. The predicted octanol–water partition coefficient (Wildman–Crippen LogP) is 3.96. The number of anilines is 1. The molecule has 0 aliphatic carbocycles. The van der Waals surface area contributed by atoms with Gasteiger partial charge in [-0.1, -0.05) is 47.4 Å². The fraction of sp³-hybridized carbons (Fsp3) is 0.333. The lowest BCUT2D eigenvalue weighted by molar-refractivity contribution is 0.0924. The molecule has 0 saturated carbocycles. The second kappa shape index (κ2) is 10.1. The lowest BCUT2D eigenvalue weighted by Gasteiger charge is -2.33. The van der Waals surface area contributed by atoms with Crippen molar-refractivity contribution in [3.8, 4) is 0 Å². The Balaban J connectivity index is 1.27. The van der Waals surface area contributed by atoms with Crippen LogP contribution in [0, 0.1) is 6.92 Å². The van der Waals surface area contributed by atoms with Gasteiger partial charge < -0.3 is 19.5 Å². The first-order chi connectivity index (χ1) is 16.6.